The first kappa shape index (κ1) is 25.0. The first-order chi connectivity index (χ1) is 15.3. The molecular formula is C22H25ClF4N4O2. The zero-order valence-corrected chi connectivity index (χ0v) is 19.4. The first-order valence-corrected chi connectivity index (χ1v) is 10.8. The van der Waals surface area contributed by atoms with Crippen LogP contribution in [0, 0.1) is 12.7 Å². The summed E-state index contributed by atoms with van der Waals surface area (Å²) < 4.78 is 59.2. The predicted octanol–water partition coefficient (Wildman–Crippen LogP) is 6.45. The molecule has 1 amide bonds. The number of ether oxygens (including phenoxy) is 1. The Kier molecular flexibility index (Phi) is 7.07. The molecule has 1 aliphatic heterocycles. The minimum absolute atomic E-state index is 0.183. The van der Waals surface area contributed by atoms with Gasteiger partial charge in [0.2, 0.25) is 5.95 Å². The molecule has 6 nitrogen and oxygen atoms in total. The fourth-order valence-corrected chi connectivity index (χ4v) is 3.85. The average Bonchev–Trinajstić information content (AvgIpc) is 2.69. The van der Waals surface area contributed by atoms with E-state index in [4.69, 9.17) is 16.3 Å². The van der Waals surface area contributed by atoms with Gasteiger partial charge in [0.1, 0.15) is 22.1 Å². The van der Waals surface area contributed by atoms with Crippen LogP contribution in [0.25, 0.3) is 0 Å². The van der Waals surface area contributed by atoms with Crippen molar-refractivity contribution in [2.75, 3.05) is 18.4 Å². The summed E-state index contributed by atoms with van der Waals surface area (Å²) in [5, 5.41) is 1.97. The maximum atomic E-state index is 15.3. The summed E-state index contributed by atoms with van der Waals surface area (Å²) >= 11 is 5.63. The minimum atomic E-state index is -4.67. The zero-order valence-electron chi connectivity index (χ0n) is 18.7. The summed E-state index contributed by atoms with van der Waals surface area (Å²) in [4.78, 5) is 21.3. The summed E-state index contributed by atoms with van der Waals surface area (Å²) in [7, 11) is 0. The number of aromatic nitrogens is 2. The molecule has 2 aromatic rings. The quantitative estimate of drug-likeness (QED) is 0.397. The maximum absolute atomic E-state index is 15.3. The van der Waals surface area contributed by atoms with Gasteiger partial charge < -0.3 is 15.0 Å². The van der Waals surface area contributed by atoms with Crippen molar-refractivity contribution in [3.8, 4) is 0 Å². The topological polar surface area (TPSA) is 67.4 Å². The highest BCUT2D eigenvalue weighted by Gasteiger charge is 2.35. The Balaban J connectivity index is 1.78. The Morgan fingerprint density at radius 1 is 1.27 bits per heavy atom. The molecule has 1 aromatic heterocycles. The molecule has 1 aromatic carbocycles. The van der Waals surface area contributed by atoms with Gasteiger partial charge in [0.25, 0.3) is 0 Å². The van der Waals surface area contributed by atoms with Crippen LogP contribution in [-0.4, -0.2) is 39.7 Å². The summed E-state index contributed by atoms with van der Waals surface area (Å²) in [6.07, 6.45) is -3.11. The largest absolute Gasteiger partial charge is 0.444 e. The van der Waals surface area contributed by atoms with Crippen LogP contribution in [0.1, 0.15) is 56.2 Å². The van der Waals surface area contributed by atoms with E-state index in [9.17, 15) is 18.0 Å². The van der Waals surface area contributed by atoms with Crippen molar-refractivity contribution >= 4 is 29.3 Å². The number of piperidine rings is 1. The number of benzene rings is 1. The number of rotatable bonds is 3. The molecule has 11 heteroatoms. The molecule has 1 atom stereocenters. The van der Waals surface area contributed by atoms with Gasteiger partial charge in [0.15, 0.2) is 0 Å². The number of nitrogens with one attached hydrogen (secondary N) is 1. The molecule has 180 valence electrons. The van der Waals surface area contributed by atoms with Crippen molar-refractivity contribution in [3.05, 3.63) is 46.0 Å². The number of halogens is 5. The fourth-order valence-electron chi connectivity index (χ4n) is 3.61. The van der Waals surface area contributed by atoms with Gasteiger partial charge in [0, 0.05) is 36.5 Å². The molecule has 0 saturated carbocycles. The molecule has 1 aliphatic rings. The Labute approximate surface area is 194 Å². The lowest BCUT2D eigenvalue weighted by atomic mass is 9.89. The maximum Gasteiger partial charge on any atom is 0.420 e. The van der Waals surface area contributed by atoms with Crippen LogP contribution in [0.5, 0.6) is 0 Å². The van der Waals surface area contributed by atoms with E-state index in [1.165, 1.54) is 0 Å². The summed E-state index contributed by atoms with van der Waals surface area (Å²) in [6.45, 7) is 7.77. The third kappa shape index (κ3) is 6.04. The zero-order chi connectivity index (χ0) is 24.6. The smallest absolute Gasteiger partial charge is 0.420 e. The van der Waals surface area contributed by atoms with Crippen molar-refractivity contribution in [1.29, 1.82) is 0 Å². The normalized spacial score (nSPS) is 17.1. The molecule has 1 saturated heterocycles. The Morgan fingerprint density at radius 2 is 1.97 bits per heavy atom. The lowest BCUT2D eigenvalue weighted by molar-refractivity contribution is -0.137. The van der Waals surface area contributed by atoms with Crippen LogP contribution in [0.2, 0.25) is 5.15 Å². The highest BCUT2D eigenvalue weighted by atomic mass is 35.5. The molecule has 1 fully saturated rings. The number of carbonyl (C=O) groups is 1. The first-order valence-electron chi connectivity index (χ1n) is 10.4. The SMILES string of the molecule is Cc1c(Nc2ncc(C(F)(F)F)c(Cl)n2)ccc(C2CCCN(C(=O)OC(C)(C)C)C2)c1F. The van der Waals surface area contributed by atoms with E-state index in [1.54, 1.807) is 44.7 Å². The van der Waals surface area contributed by atoms with Crippen LogP contribution < -0.4 is 5.32 Å². The van der Waals surface area contributed by atoms with Gasteiger partial charge in [-0.2, -0.15) is 13.2 Å². The molecule has 1 N–H and O–H groups in total. The van der Waals surface area contributed by atoms with Crippen molar-refractivity contribution < 1.29 is 27.1 Å². The lowest BCUT2D eigenvalue weighted by Crippen LogP contribution is -2.42. The Hall–Kier alpha value is -2.62. The number of anilines is 2. The Bertz CT molecular complexity index is 1040. The van der Waals surface area contributed by atoms with Gasteiger partial charge in [-0.05, 0) is 52.2 Å². The van der Waals surface area contributed by atoms with E-state index in [0.29, 0.717) is 43.4 Å². The molecule has 0 aliphatic carbocycles. The molecule has 0 bridgehead atoms. The van der Waals surface area contributed by atoms with Crippen LogP contribution >= 0.6 is 11.6 Å². The third-order valence-electron chi connectivity index (χ3n) is 5.22. The van der Waals surface area contributed by atoms with Gasteiger partial charge in [-0.3, -0.25) is 0 Å². The number of hydrogen-bond acceptors (Lipinski definition) is 5. The summed E-state index contributed by atoms with van der Waals surface area (Å²) in [5.74, 6) is -0.859. The number of amides is 1. The molecular weight excluding hydrogens is 464 g/mol. The van der Waals surface area contributed by atoms with Crippen molar-refractivity contribution in [3.63, 3.8) is 0 Å². The number of hydrogen-bond donors (Lipinski definition) is 1. The van der Waals surface area contributed by atoms with Crippen molar-refractivity contribution in [2.45, 2.75) is 58.2 Å². The number of alkyl halides is 3. The van der Waals surface area contributed by atoms with E-state index >= 15 is 4.39 Å². The van der Waals surface area contributed by atoms with E-state index in [0.717, 1.165) is 0 Å². The van der Waals surface area contributed by atoms with Gasteiger partial charge in [0.05, 0.1) is 0 Å². The van der Waals surface area contributed by atoms with Crippen LogP contribution in [-0.2, 0) is 10.9 Å². The predicted molar refractivity (Wildman–Crippen MR) is 116 cm³/mol. The third-order valence-corrected chi connectivity index (χ3v) is 5.51. The van der Waals surface area contributed by atoms with Gasteiger partial charge in [-0.15, -0.1) is 0 Å². The second kappa shape index (κ2) is 9.32. The van der Waals surface area contributed by atoms with Crippen LogP contribution in [0.15, 0.2) is 18.3 Å². The van der Waals surface area contributed by atoms with E-state index in [1.807, 2.05) is 0 Å². The van der Waals surface area contributed by atoms with Crippen LogP contribution in [0.3, 0.4) is 0 Å². The van der Waals surface area contributed by atoms with E-state index < -0.39 is 34.4 Å². The van der Waals surface area contributed by atoms with E-state index in [2.05, 4.69) is 15.3 Å². The summed E-state index contributed by atoms with van der Waals surface area (Å²) in [6, 6.07) is 3.20. The van der Waals surface area contributed by atoms with E-state index in [-0.39, 0.29) is 17.4 Å². The number of nitrogens with zero attached hydrogens (tertiary/aromatic N) is 3. The lowest BCUT2D eigenvalue weighted by Gasteiger charge is -2.34. The molecule has 0 radical (unpaired) electrons. The second-order valence-corrected chi connectivity index (χ2v) is 9.29. The molecule has 1 unspecified atom stereocenters. The van der Waals surface area contributed by atoms with Crippen molar-refractivity contribution in [2.24, 2.45) is 0 Å². The summed E-state index contributed by atoms with van der Waals surface area (Å²) in [5.41, 5.74) is -0.770. The highest BCUT2D eigenvalue weighted by Crippen LogP contribution is 2.35. The number of carbonyl (C=O) groups excluding carboxylic acids is 1. The highest BCUT2D eigenvalue weighted by molar-refractivity contribution is 6.30. The number of likely N-dealkylation sites (tertiary alicyclic amines) is 1. The van der Waals surface area contributed by atoms with Crippen molar-refractivity contribution in [1.82, 2.24) is 14.9 Å². The Morgan fingerprint density at radius 3 is 2.58 bits per heavy atom. The van der Waals surface area contributed by atoms with Gasteiger partial charge >= 0.3 is 12.3 Å². The van der Waals surface area contributed by atoms with Crippen LogP contribution in [0.4, 0.5) is 34.0 Å². The molecule has 2 heterocycles. The van der Waals surface area contributed by atoms with Gasteiger partial charge in [-0.1, -0.05) is 17.7 Å². The van der Waals surface area contributed by atoms with Gasteiger partial charge in [-0.25, -0.2) is 19.2 Å². The monoisotopic (exact) mass is 488 g/mol. The fraction of sp³-hybridized carbons (Fsp3) is 0.500. The standard InChI is InChI=1S/C22H25ClF4N4O2/c1-12-16(29-19-28-10-15(18(23)30-19)22(25,26)27)8-7-14(17(12)24)13-6-5-9-31(11-13)20(32)33-21(2,3)4/h7-8,10,13H,5-6,9,11H2,1-4H3,(H,28,29,30). The average molecular weight is 489 g/mol. The minimum Gasteiger partial charge on any atom is -0.444 e. The molecule has 3 rings (SSSR count). The molecule has 33 heavy (non-hydrogen) atoms. The molecule has 0 spiro atoms. The second-order valence-electron chi connectivity index (χ2n) is 8.93.